The fourth-order valence-corrected chi connectivity index (χ4v) is 0.791. The van der Waals surface area contributed by atoms with E-state index in [4.69, 9.17) is 0 Å². The SMILES string of the molecule is CC(C)(O)CNc1cn[nH]c(=O)c1. The molecule has 0 saturated carbocycles. The summed E-state index contributed by atoms with van der Waals surface area (Å²) < 4.78 is 0. The molecular formula is C8H13N3O2. The van der Waals surface area contributed by atoms with Crippen LogP contribution in [0.4, 0.5) is 5.69 Å². The van der Waals surface area contributed by atoms with E-state index in [0.717, 1.165) is 0 Å². The number of rotatable bonds is 3. The lowest BCUT2D eigenvalue weighted by Gasteiger charge is -2.17. The van der Waals surface area contributed by atoms with Crippen LogP contribution in [0, 0.1) is 0 Å². The van der Waals surface area contributed by atoms with Crippen LogP contribution in [0.5, 0.6) is 0 Å². The first kappa shape index (κ1) is 9.73. The number of aromatic amines is 1. The van der Waals surface area contributed by atoms with Crippen LogP contribution in [-0.4, -0.2) is 27.4 Å². The Bertz CT molecular complexity index is 327. The maximum absolute atomic E-state index is 10.8. The summed E-state index contributed by atoms with van der Waals surface area (Å²) in [5.74, 6) is 0. The van der Waals surface area contributed by atoms with E-state index in [1.165, 1.54) is 12.3 Å². The Morgan fingerprint density at radius 3 is 2.92 bits per heavy atom. The average molecular weight is 183 g/mol. The van der Waals surface area contributed by atoms with Crippen LogP contribution in [0.15, 0.2) is 17.1 Å². The zero-order chi connectivity index (χ0) is 9.90. The normalized spacial score (nSPS) is 11.3. The predicted molar refractivity (Wildman–Crippen MR) is 49.6 cm³/mol. The van der Waals surface area contributed by atoms with Gasteiger partial charge in [0.2, 0.25) is 0 Å². The van der Waals surface area contributed by atoms with Crippen molar-refractivity contribution in [2.24, 2.45) is 0 Å². The van der Waals surface area contributed by atoms with Crippen molar-refractivity contribution in [2.45, 2.75) is 19.4 Å². The molecule has 0 radical (unpaired) electrons. The number of anilines is 1. The van der Waals surface area contributed by atoms with Crippen molar-refractivity contribution in [1.29, 1.82) is 0 Å². The Hall–Kier alpha value is -1.36. The zero-order valence-electron chi connectivity index (χ0n) is 7.66. The molecule has 5 heteroatoms. The first-order valence-corrected chi connectivity index (χ1v) is 3.98. The molecule has 1 rings (SSSR count). The van der Waals surface area contributed by atoms with Gasteiger partial charge in [0.15, 0.2) is 0 Å². The summed E-state index contributed by atoms with van der Waals surface area (Å²) in [5, 5.41) is 18.1. The topological polar surface area (TPSA) is 78.0 Å². The maximum Gasteiger partial charge on any atom is 0.266 e. The molecule has 0 aliphatic heterocycles. The summed E-state index contributed by atoms with van der Waals surface area (Å²) in [6, 6.07) is 1.39. The first-order chi connectivity index (χ1) is 5.97. The Morgan fingerprint density at radius 2 is 2.38 bits per heavy atom. The molecule has 13 heavy (non-hydrogen) atoms. The predicted octanol–water partition coefficient (Wildman–Crippen LogP) is -0.0473. The highest BCUT2D eigenvalue weighted by molar-refractivity contribution is 5.38. The molecule has 0 aromatic carbocycles. The largest absolute Gasteiger partial charge is 0.389 e. The van der Waals surface area contributed by atoms with Crippen LogP contribution in [-0.2, 0) is 0 Å². The van der Waals surface area contributed by atoms with Gasteiger partial charge >= 0.3 is 0 Å². The third-order valence-electron chi connectivity index (χ3n) is 1.39. The van der Waals surface area contributed by atoms with Gasteiger partial charge in [0.25, 0.3) is 5.56 Å². The fraction of sp³-hybridized carbons (Fsp3) is 0.500. The Morgan fingerprint density at radius 1 is 1.69 bits per heavy atom. The fourth-order valence-electron chi connectivity index (χ4n) is 0.791. The molecule has 0 atom stereocenters. The molecule has 1 heterocycles. The molecule has 1 aromatic heterocycles. The summed E-state index contributed by atoms with van der Waals surface area (Å²) in [6.07, 6.45) is 1.49. The van der Waals surface area contributed by atoms with Crippen molar-refractivity contribution in [3.8, 4) is 0 Å². The number of aromatic nitrogens is 2. The van der Waals surface area contributed by atoms with Crippen molar-refractivity contribution >= 4 is 5.69 Å². The lowest BCUT2D eigenvalue weighted by molar-refractivity contribution is 0.0945. The number of nitrogens with one attached hydrogen (secondary N) is 2. The van der Waals surface area contributed by atoms with Crippen LogP contribution in [0.2, 0.25) is 0 Å². The van der Waals surface area contributed by atoms with Gasteiger partial charge < -0.3 is 10.4 Å². The van der Waals surface area contributed by atoms with Crippen molar-refractivity contribution in [2.75, 3.05) is 11.9 Å². The monoisotopic (exact) mass is 183 g/mol. The average Bonchev–Trinajstić information content (AvgIpc) is 2.00. The van der Waals surface area contributed by atoms with E-state index in [9.17, 15) is 9.90 Å². The number of hydrogen-bond acceptors (Lipinski definition) is 4. The lowest BCUT2D eigenvalue weighted by atomic mass is 10.1. The van der Waals surface area contributed by atoms with E-state index in [2.05, 4.69) is 15.5 Å². The van der Waals surface area contributed by atoms with Crippen LogP contribution >= 0.6 is 0 Å². The molecule has 0 spiro atoms. The molecule has 0 fully saturated rings. The van der Waals surface area contributed by atoms with Gasteiger partial charge in [-0.25, -0.2) is 5.10 Å². The highest BCUT2D eigenvalue weighted by atomic mass is 16.3. The quantitative estimate of drug-likeness (QED) is 0.614. The van der Waals surface area contributed by atoms with E-state index in [1.54, 1.807) is 13.8 Å². The maximum atomic E-state index is 10.8. The van der Waals surface area contributed by atoms with Gasteiger partial charge in [-0.2, -0.15) is 5.10 Å². The molecule has 0 unspecified atom stereocenters. The van der Waals surface area contributed by atoms with E-state index in [-0.39, 0.29) is 5.56 Å². The molecule has 5 nitrogen and oxygen atoms in total. The molecule has 0 amide bonds. The second-order valence-corrected chi connectivity index (χ2v) is 3.50. The number of H-pyrrole nitrogens is 1. The van der Waals surface area contributed by atoms with Crippen LogP contribution < -0.4 is 10.9 Å². The van der Waals surface area contributed by atoms with Crippen LogP contribution in [0.1, 0.15) is 13.8 Å². The highest BCUT2D eigenvalue weighted by Gasteiger charge is 2.11. The second kappa shape index (κ2) is 3.57. The highest BCUT2D eigenvalue weighted by Crippen LogP contribution is 2.04. The van der Waals surface area contributed by atoms with Gasteiger partial charge in [0.1, 0.15) is 0 Å². The molecule has 0 saturated heterocycles. The van der Waals surface area contributed by atoms with Crippen LogP contribution in [0.3, 0.4) is 0 Å². The summed E-state index contributed by atoms with van der Waals surface area (Å²) in [4.78, 5) is 10.8. The third-order valence-corrected chi connectivity index (χ3v) is 1.39. The first-order valence-electron chi connectivity index (χ1n) is 3.98. The smallest absolute Gasteiger partial charge is 0.266 e. The van der Waals surface area contributed by atoms with Gasteiger partial charge in [0.05, 0.1) is 17.5 Å². The van der Waals surface area contributed by atoms with Crippen molar-refractivity contribution < 1.29 is 5.11 Å². The third kappa shape index (κ3) is 3.71. The number of aliphatic hydroxyl groups is 1. The van der Waals surface area contributed by atoms with Crippen molar-refractivity contribution in [3.05, 3.63) is 22.6 Å². The van der Waals surface area contributed by atoms with E-state index in [1.807, 2.05) is 0 Å². The molecule has 3 N–H and O–H groups in total. The summed E-state index contributed by atoms with van der Waals surface area (Å²) in [7, 11) is 0. The number of hydrogen-bond donors (Lipinski definition) is 3. The molecule has 0 aliphatic carbocycles. The standard InChI is InChI=1S/C8H13N3O2/c1-8(2,13)5-9-6-3-7(12)11-10-4-6/h3-4,13H,5H2,1-2H3,(H2,9,11,12). The summed E-state index contributed by atoms with van der Waals surface area (Å²) in [5.41, 5.74) is -0.464. The number of nitrogens with zero attached hydrogens (tertiary/aromatic N) is 1. The van der Waals surface area contributed by atoms with Gasteiger partial charge in [-0.3, -0.25) is 4.79 Å². The molecular weight excluding hydrogens is 170 g/mol. The molecule has 1 aromatic rings. The summed E-state index contributed by atoms with van der Waals surface area (Å²) in [6.45, 7) is 3.74. The minimum atomic E-state index is -0.803. The van der Waals surface area contributed by atoms with Gasteiger partial charge in [-0.1, -0.05) is 0 Å². The Kier molecular flexibility index (Phi) is 2.67. The van der Waals surface area contributed by atoms with E-state index < -0.39 is 5.60 Å². The second-order valence-electron chi connectivity index (χ2n) is 3.50. The van der Waals surface area contributed by atoms with Crippen LogP contribution in [0.25, 0.3) is 0 Å². The molecule has 0 bridgehead atoms. The van der Waals surface area contributed by atoms with E-state index >= 15 is 0 Å². The van der Waals surface area contributed by atoms with Gasteiger partial charge in [0, 0.05) is 12.6 Å². The minimum Gasteiger partial charge on any atom is -0.389 e. The van der Waals surface area contributed by atoms with Gasteiger partial charge in [-0.15, -0.1) is 0 Å². The minimum absolute atomic E-state index is 0.263. The van der Waals surface area contributed by atoms with E-state index in [0.29, 0.717) is 12.2 Å². The Labute approximate surface area is 75.8 Å². The Balaban J connectivity index is 2.60. The van der Waals surface area contributed by atoms with Crippen molar-refractivity contribution in [3.63, 3.8) is 0 Å². The summed E-state index contributed by atoms with van der Waals surface area (Å²) >= 11 is 0. The molecule has 72 valence electrons. The van der Waals surface area contributed by atoms with Crippen molar-refractivity contribution in [1.82, 2.24) is 10.2 Å². The van der Waals surface area contributed by atoms with Gasteiger partial charge in [-0.05, 0) is 13.8 Å². The zero-order valence-corrected chi connectivity index (χ0v) is 7.66. The molecule has 0 aliphatic rings. The lowest BCUT2D eigenvalue weighted by Crippen LogP contribution is -2.29.